The van der Waals surface area contributed by atoms with Gasteiger partial charge in [0, 0.05) is 4.90 Å². The van der Waals surface area contributed by atoms with Gasteiger partial charge in [0.1, 0.15) is 5.60 Å². The fourth-order valence-electron chi connectivity index (χ4n) is 3.37. The zero-order chi connectivity index (χ0) is 18.8. The van der Waals surface area contributed by atoms with Crippen LogP contribution in [0, 0.1) is 12.8 Å². The summed E-state index contributed by atoms with van der Waals surface area (Å²) in [4.78, 5) is 13.2. The lowest BCUT2D eigenvalue weighted by Gasteiger charge is -2.43. The summed E-state index contributed by atoms with van der Waals surface area (Å²) in [5, 5.41) is 10.9. The Morgan fingerprint density at radius 2 is 1.88 bits per heavy atom. The number of aryl methyl sites for hydroxylation is 1. The van der Waals surface area contributed by atoms with E-state index in [1.54, 1.807) is 6.92 Å². The van der Waals surface area contributed by atoms with Gasteiger partial charge in [0.2, 0.25) is 0 Å². The summed E-state index contributed by atoms with van der Waals surface area (Å²) in [5.74, 6) is -1.14. The Kier molecular flexibility index (Phi) is 6.10. The second kappa shape index (κ2) is 7.58. The second-order valence-corrected chi connectivity index (χ2v) is 9.73. The summed E-state index contributed by atoms with van der Waals surface area (Å²) in [6.07, 6.45) is 2.84. The molecule has 1 fully saturated rings. The quantitative estimate of drug-likeness (QED) is 0.824. The molecule has 1 aromatic rings. The van der Waals surface area contributed by atoms with Crippen LogP contribution in [-0.4, -0.2) is 31.7 Å². The predicted octanol–water partition coefficient (Wildman–Crippen LogP) is 3.75. The summed E-state index contributed by atoms with van der Waals surface area (Å²) < 4.78 is 18.6. The van der Waals surface area contributed by atoms with Crippen molar-refractivity contribution in [3.05, 3.63) is 29.8 Å². The molecule has 0 radical (unpaired) electrons. The van der Waals surface area contributed by atoms with Crippen LogP contribution in [0.3, 0.4) is 0 Å². The molecule has 0 aliphatic heterocycles. The van der Waals surface area contributed by atoms with Gasteiger partial charge in [0.25, 0.3) is 0 Å². The lowest BCUT2D eigenvalue weighted by atomic mass is 9.76. The standard InChI is InChI=1S/C20H30O4S/c1-14-9-11-16(12-10-14)25(23)17-8-6-7-13-20(17,22)15(2)18(21)24-19(3,4)5/h9-12,15,17,22H,6-8,13H2,1-5H3/t15-,17+,20+,25+/m1/s1. The average Bonchev–Trinajstić information content (AvgIpc) is 2.53. The lowest BCUT2D eigenvalue weighted by Crippen LogP contribution is -2.55. The molecule has 0 amide bonds. The van der Waals surface area contributed by atoms with Crippen molar-refractivity contribution in [3.63, 3.8) is 0 Å². The molecule has 0 saturated heterocycles. The molecule has 5 heteroatoms. The Morgan fingerprint density at radius 1 is 1.28 bits per heavy atom. The van der Waals surface area contributed by atoms with Gasteiger partial charge in [0.15, 0.2) is 0 Å². The van der Waals surface area contributed by atoms with E-state index >= 15 is 0 Å². The highest BCUT2D eigenvalue weighted by Gasteiger charge is 2.50. The maximum atomic E-state index is 13.1. The molecule has 1 aliphatic carbocycles. The SMILES string of the molecule is Cc1ccc([S@](=O)[C@H]2CCCC[C@]2(O)[C@H](C)C(=O)OC(C)(C)C)cc1. The van der Waals surface area contributed by atoms with Gasteiger partial charge in [0.05, 0.1) is 27.6 Å². The third-order valence-corrected chi connectivity index (χ3v) is 6.77. The van der Waals surface area contributed by atoms with E-state index in [4.69, 9.17) is 4.74 Å². The summed E-state index contributed by atoms with van der Waals surface area (Å²) in [5.41, 5.74) is -0.819. The monoisotopic (exact) mass is 366 g/mol. The van der Waals surface area contributed by atoms with E-state index in [-0.39, 0.29) is 0 Å². The van der Waals surface area contributed by atoms with Crippen LogP contribution in [-0.2, 0) is 20.3 Å². The van der Waals surface area contributed by atoms with Gasteiger partial charge in [-0.2, -0.15) is 0 Å². The first-order valence-corrected chi connectivity index (χ1v) is 10.2. The van der Waals surface area contributed by atoms with Crippen LogP contribution < -0.4 is 0 Å². The molecule has 0 spiro atoms. The molecule has 0 aromatic heterocycles. The van der Waals surface area contributed by atoms with Gasteiger partial charge in [-0.05, 0) is 59.6 Å². The van der Waals surface area contributed by atoms with E-state index in [0.29, 0.717) is 17.7 Å². The van der Waals surface area contributed by atoms with Crippen molar-refractivity contribution in [3.8, 4) is 0 Å². The average molecular weight is 367 g/mol. The molecule has 0 unspecified atom stereocenters. The van der Waals surface area contributed by atoms with Gasteiger partial charge < -0.3 is 9.84 Å². The van der Waals surface area contributed by atoms with E-state index < -0.39 is 39.1 Å². The largest absolute Gasteiger partial charge is 0.460 e. The number of carbonyl (C=O) groups excluding carboxylic acids is 1. The molecule has 1 N–H and O–H groups in total. The number of hydrogen-bond acceptors (Lipinski definition) is 4. The van der Waals surface area contributed by atoms with Crippen molar-refractivity contribution in [1.82, 2.24) is 0 Å². The Hall–Kier alpha value is -1.20. The topological polar surface area (TPSA) is 63.6 Å². The van der Waals surface area contributed by atoms with Crippen molar-refractivity contribution in [2.45, 2.75) is 81.6 Å². The number of hydrogen-bond donors (Lipinski definition) is 1. The number of rotatable bonds is 4. The highest BCUT2D eigenvalue weighted by Crippen LogP contribution is 2.40. The van der Waals surface area contributed by atoms with E-state index in [1.807, 2.05) is 52.0 Å². The van der Waals surface area contributed by atoms with Gasteiger partial charge in [-0.1, -0.05) is 30.5 Å². The minimum absolute atomic E-state index is 0.428. The molecule has 2 rings (SSSR count). The molecule has 1 aliphatic rings. The lowest BCUT2D eigenvalue weighted by molar-refractivity contribution is -0.170. The van der Waals surface area contributed by atoms with Crippen LogP contribution in [0.25, 0.3) is 0 Å². The normalized spacial score (nSPS) is 26.7. The van der Waals surface area contributed by atoms with E-state index in [2.05, 4.69) is 0 Å². The van der Waals surface area contributed by atoms with Crippen LogP contribution in [0.15, 0.2) is 29.2 Å². The molecule has 1 saturated carbocycles. The van der Waals surface area contributed by atoms with Gasteiger partial charge in [-0.3, -0.25) is 9.00 Å². The van der Waals surface area contributed by atoms with E-state index in [0.717, 1.165) is 18.4 Å². The molecule has 140 valence electrons. The number of benzene rings is 1. The zero-order valence-electron chi connectivity index (χ0n) is 15.9. The first kappa shape index (κ1) is 20.1. The Labute approximate surface area is 153 Å². The van der Waals surface area contributed by atoms with Crippen LogP contribution >= 0.6 is 0 Å². The van der Waals surface area contributed by atoms with Crippen LogP contribution in [0.1, 0.15) is 58.9 Å². The van der Waals surface area contributed by atoms with Gasteiger partial charge in [-0.25, -0.2) is 0 Å². The third-order valence-electron chi connectivity index (χ3n) is 4.87. The third kappa shape index (κ3) is 4.70. The number of esters is 1. The predicted molar refractivity (Wildman–Crippen MR) is 99.8 cm³/mol. The zero-order valence-corrected chi connectivity index (χ0v) is 16.7. The summed E-state index contributed by atoms with van der Waals surface area (Å²) in [6.45, 7) is 9.10. The smallest absolute Gasteiger partial charge is 0.312 e. The van der Waals surface area contributed by atoms with Crippen LogP contribution in [0.4, 0.5) is 0 Å². The minimum Gasteiger partial charge on any atom is -0.460 e. The van der Waals surface area contributed by atoms with E-state index in [1.165, 1.54) is 0 Å². The molecule has 25 heavy (non-hydrogen) atoms. The molecule has 4 atom stereocenters. The Balaban J connectivity index is 2.27. The maximum absolute atomic E-state index is 13.1. The highest BCUT2D eigenvalue weighted by molar-refractivity contribution is 7.85. The molecule has 1 aromatic carbocycles. The molecular weight excluding hydrogens is 336 g/mol. The summed E-state index contributed by atoms with van der Waals surface area (Å²) >= 11 is 0. The van der Waals surface area contributed by atoms with Crippen LogP contribution in [0.2, 0.25) is 0 Å². The number of aliphatic hydroxyl groups is 1. The Morgan fingerprint density at radius 3 is 2.44 bits per heavy atom. The van der Waals surface area contributed by atoms with Gasteiger partial charge in [-0.15, -0.1) is 0 Å². The van der Waals surface area contributed by atoms with Crippen molar-refractivity contribution in [1.29, 1.82) is 0 Å². The fraction of sp³-hybridized carbons (Fsp3) is 0.650. The molecular formula is C20H30O4S. The first-order valence-electron chi connectivity index (χ1n) is 8.97. The number of ether oxygens (including phenoxy) is 1. The maximum Gasteiger partial charge on any atom is 0.312 e. The second-order valence-electron chi connectivity index (χ2n) is 8.09. The van der Waals surface area contributed by atoms with Crippen LogP contribution in [0.5, 0.6) is 0 Å². The van der Waals surface area contributed by atoms with Gasteiger partial charge >= 0.3 is 5.97 Å². The van der Waals surface area contributed by atoms with Crippen molar-refractivity contribution in [2.24, 2.45) is 5.92 Å². The van der Waals surface area contributed by atoms with Crippen molar-refractivity contribution in [2.75, 3.05) is 0 Å². The van der Waals surface area contributed by atoms with Crippen molar-refractivity contribution >= 4 is 16.8 Å². The van der Waals surface area contributed by atoms with Crippen molar-refractivity contribution < 1.29 is 18.8 Å². The Bertz CT molecular complexity index is 632. The molecule has 4 nitrogen and oxygen atoms in total. The molecule has 0 heterocycles. The first-order chi connectivity index (χ1) is 11.5. The fourth-order valence-corrected chi connectivity index (χ4v) is 5.17. The summed E-state index contributed by atoms with van der Waals surface area (Å²) in [6, 6.07) is 7.54. The summed E-state index contributed by atoms with van der Waals surface area (Å²) in [7, 11) is -1.37. The highest BCUT2D eigenvalue weighted by atomic mass is 32.2. The molecule has 0 bridgehead atoms. The van der Waals surface area contributed by atoms with E-state index in [9.17, 15) is 14.1 Å². The number of carbonyl (C=O) groups is 1. The minimum atomic E-state index is -1.37.